The minimum Gasteiger partial charge on any atom is -0.497 e. The number of benzene rings is 1. The number of morpholine rings is 1. The molecule has 29 heavy (non-hydrogen) atoms. The number of pyridine rings is 1. The minimum atomic E-state index is -0.141. The van der Waals surface area contributed by atoms with Crippen LogP contribution < -0.4 is 14.8 Å². The maximum atomic E-state index is 12.3. The van der Waals surface area contributed by atoms with E-state index in [1.165, 1.54) is 0 Å². The molecule has 0 unspecified atom stereocenters. The number of carbonyl (C=O) groups excluding carboxylic acids is 1. The first kappa shape index (κ1) is 19.2. The normalized spacial score (nSPS) is 14.7. The summed E-state index contributed by atoms with van der Waals surface area (Å²) in [6.07, 6.45) is 1.84. The van der Waals surface area contributed by atoms with Crippen molar-refractivity contribution in [1.82, 2.24) is 19.5 Å². The number of hydrogen-bond acceptors (Lipinski definition) is 7. The van der Waals surface area contributed by atoms with Crippen LogP contribution in [0.4, 0.5) is 5.95 Å². The summed E-state index contributed by atoms with van der Waals surface area (Å²) in [6, 6.07) is 9.39. The van der Waals surface area contributed by atoms with Gasteiger partial charge in [0.25, 0.3) is 0 Å². The number of ether oxygens (including phenoxy) is 3. The van der Waals surface area contributed by atoms with Crippen molar-refractivity contribution in [3.63, 3.8) is 0 Å². The quantitative estimate of drug-likeness (QED) is 0.677. The molecule has 2 aromatic heterocycles. The predicted molar refractivity (Wildman–Crippen MR) is 107 cm³/mol. The first-order valence-electron chi connectivity index (χ1n) is 9.35. The van der Waals surface area contributed by atoms with E-state index in [-0.39, 0.29) is 11.9 Å². The standard InChI is InChI=1S/C20H23N5O4/c1-27-15-4-5-17(28-2)16(11-15)14-3-6-18-21-20(23-25(18)12-14)22-19(26)13-24-7-9-29-10-8-24/h3-6,11-12H,7-10,13H2,1-2H3,(H,22,23,26). The lowest BCUT2D eigenvalue weighted by atomic mass is 10.1. The summed E-state index contributed by atoms with van der Waals surface area (Å²) in [7, 11) is 3.25. The Morgan fingerprint density at radius 1 is 1.17 bits per heavy atom. The average molecular weight is 397 g/mol. The van der Waals surface area contributed by atoms with Crippen LogP contribution in [0.1, 0.15) is 0 Å². The van der Waals surface area contributed by atoms with E-state index < -0.39 is 0 Å². The van der Waals surface area contributed by atoms with Gasteiger partial charge in [0.05, 0.1) is 34.0 Å². The number of fused-ring (bicyclic) bond motifs is 1. The average Bonchev–Trinajstić information content (AvgIpc) is 3.15. The van der Waals surface area contributed by atoms with Gasteiger partial charge in [-0.15, -0.1) is 5.10 Å². The molecule has 1 saturated heterocycles. The molecule has 1 aliphatic rings. The number of carbonyl (C=O) groups is 1. The second-order valence-corrected chi connectivity index (χ2v) is 6.66. The van der Waals surface area contributed by atoms with Crippen LogP contribution in [0.3, 0.4) is 0 Å². The Bertz CT molecular complexity index is 1010. The number of amides is 1. The second kappa shape index (κ2) is 8.46. The predicted octanol–water partition coefficient (Wildman–Crippen LogP) is 1.68. The van der Waals surface area contributed by atoms with Crippen LogP contribution in [0.15, 0.2) is 36.5 Å². The van der Waals surface area contributed by atoms with Gasteiger partial charge in [-0.2, -0.15) is 4.98 Å². The fraction of sp³-hybridized carbons (Fsp3) is 0.350. The summed E-state index contributed by atoms with van der Waals surface area (Å²) in [5.41, 5.74) is 2.41. The first-order valence-corrected chi connectivity index (χ1v) is 9.35. The summed E-state index contributed by atoms with van der Waals surface area (Å²) in [5, 5.41) is 7.16. The molecule has 0 spiro atoms. The molecule has 0 atom stereocenters. The molecule has 1 aromatic carbocycles. The third-order valence-corrected chi connectivity index (χ3v) is 4.77. The molecule has 1 amide bonds. The molecule has 9 heteroatoms. The number of aromatic nitrogens is 3. The van der Waals surface area contributed by atoms with Crippen LogP contribution in [-0.4, -0.2) is 72.5 Å². The smallest absolute Gasteiger partial charge is 0.249 e. The topological polar surface area (TPSA) is 90.2 Å². The van der Waals surface area contributed by atoms with Gasteiger partial charge in [-0.25, -0.2) is 4.52 Å². The van der Waals surface area contributed by atoms with Crippen molar-refractivity contribution in [2.45, 2.75) is 0 Å². The summed E-state index contributed by atoms with van der Waals surface area (Å²) in [5.74, 6) is 1.59. The monoisotopic (exact) mass is 397 g/mol. The highest BCUT2D eigenvalue weighted by Gasteiger charge is 2.16. The first-order chi connectivity index (χ1) is 14.2. The molecule has 0 aliphatic carbocycles. The molecular weight excluding hydrogens is 374 g/mol. The van der Waals surface area contributed by atoms with Gasteiger partial charge in [-0.3, -0.25) is 15.0 Å². The Morgan fingerprint density at radius 3 is 2.76 bits per heavy atom. The number of methoxy groups -OCH3 is 2. The number of hydrogen-bond donors (Lipinski definition) is 1. The van der Waals surface area contributed by atoms with E-state index in [9.17, 15) is 4.79 Å². The molecule has 0 radical (unpaired) electrons. The van der Waals surface area contributed by atoms with E-state index in [4.69, 9.17) is 14.2 Å². The van der Waals surface area contributed by atoms with Crippen molar-refractivity contribution in [2.75, 3.05) is 52.4 Å². The van der Waals surface area contributed by atoms with Crippen LogP contribution in [0, 0.1) is 0 Å². The van der Waals surface area contributed by atoms with Crippen molar-refractivity contribution in [3.05, 3.63) is 36.5 Å². The number of nitrogens with one attached hydrogen (secondary N) is 1. The van der Waals surface area contributed by atoms with Crippen LogP contribution in [0.25, 0.3) is 16.8 Å². The van der Waals surface area contributed by atoms with Gasteiger partial charge < -0.3 is 14.2 Å². The SMILES string of the molecule is COc1ccc(OC)c(-c2ccc3nc(NC(=O)CN4CCOCC4)nn3c2)c1. The van der Waals surface area contributed by atoms with E-state index in [1.807, 2.05) is 41.4 Å². The van der Waals surface area contributed by atoms with Gasteiger partial charge in [0.2, 0.25) is 11.9 Å². The zero-order valence-corrected chi connectivity index (χ0v) is 16.4. The van der Waals surface area contributed by atoms with E-state index in [0.717, 1.165) is 35.7 Å². The molecular formula is C20H23N5O4. The Balaban J connectivity index is 1.54. The minimum absolute atomic E-state index is 0.141. The summed E-state index contributed by atoms with van der Waals surface area (Å²) in [4.78, 5) is 18.7. The molecule has 4 rings (SSSR count). The Labute approximate surface area is 168 Å². The van der Waals surface area contributed by atoms with Crippen LogP contribution >= 0.6 is 0 Å². The number of rotatable bonds is 6. The fourth-order valence-electron chi connectivity index (χ4n) is 3.26. The van der Waals surface area contributed by atoms with Crippen LogP contribution in [0.5, 0.6) is 11.5 Å². The Hall–Kier alpha value is -3.17. The Morgan fingerprint density at radius 2 is 2.00 bits per heavy atom. The lowest BCUT2D eigenvalue weighted by Crippen LogP contribution is -2.41. The largest absolute Gasteiger partial charge is 0.497 e. The molecule has 0 saturated carbocycles. The third-order valence-electron chi connectivity index (χ3n) is 4.77. The van der Waals surface area contributed by atoms with Gasteiger partial charge in [0.15, 0.2) is 5.65 Å². The molecule has 3 heterocycles. The highest BCUT2D eigenvalue weighted by atomic mass is 16.5. The van der Waals surface area contributed by atoms with Gasteiger partial charge in [-0.1, -0.05) is 0 Å². The summed E-state index contributed by atoms with van der Waals surface area (Å²) >= 11 is 0. The van der Waals surface area contributed by atoms with E-state index in [0.29, 0.717) is 25.4 Å². The lowest BCUT2D eigenvalue weighted by molar-refractivity contribution is -0.118. The highest BCUT2D eigenvalue weighted by molar-refractivity contribution is 5.90. The molecule has 1 fully saturated rings. The molecule has 1 N–H and O–H groups in total. The fourth-order valence-corrected chi connectivity index (χ4v) is 3.26. The second-order valence-electron chi connectivity index (χ2n) is 6.66. The lowest BCUT2D eigenvalue weighted by Gasteiger charge is -2.25. The maximum absolute atomic E-state index is 12.3. The highest BCUT2D eigenvalue weighted by Crippen LogP contribution is 2.33. The molecule has 3 aromatic rings. The van der Waals surface area contributed by atoms with Crippen molar-refractivity contribution in [2.24, 2.45) is 0 Å². The van der Waals surface area contributed by atoms with Crippen molar-refractivity contribution < 1.29 is 19.0 Å². The summed E-state index contributed by atoms with van der Waals surface area (Å²) < 4.78 is 17.7. The van der Waals surface area contributed by atoms with Gasteiger partial charge in [0, 0.05) is 30.4 Å². The van der Waals surface area contributed by atoms with Crippen molar-refractivity contribution in [3.8, 4) is 22.6 Å². The molecule has 152 valence electrons. The van der Waals surface area contributed by atoms with Crippen molar-refractivity contribution >= 4 is 17.5 Å². The van der Waals surface area contributed by atoms with Crippen LogP contribution in [0.2, 0.25) is 0 Å². The number of anilines is 1. The van der Waals surface area contributed by atoms with Gasteiger partial charge in [0.1, 0.15) is 11.5 Å². The maximum Gasteiger partial charge on any atom is 0.249 e. The Kier molecular flexibility index (Phi) is 5.59. The van der Waals surface area contributed by atoms with Crippen molar-refractivity contribution in [1.29, 1.82) is 0 Å². The van der Waals surface area contributed by atoms with Gasteiger partial charge in [-0.05, 0) is 30.3 Å². The van der Waals surface area contributed by atoms with E-state index in [2.05, 4.69) is 15.4 Å². The van der Waals surface area contributed by atoms with Gasteiger partial charge >= 0.3 is 0 Å². The molecule has 9 nitrogen and oxygen atoms in total. The van der Waals surface area contributed by atoms with Crippen LogP contribution in [-0.2, 0) is 9.53 Å². The zero-order valence-electron chi connectivity index (χ0n) is 16.4. The molecule has 1 aliphatic heterocycles. The van der Waals surface area contributed by atoms with E-state index in [1.54, 1.807) is 18.7 Å². The van der Waals surface area contributed by atoms with E-state index >= 15 is 0 Å². The number of nitrogens with zero attached hydrogens (tertiary/aromatic N) is 4. The summed E-state index contributed by atoms with van der Waals surface area (Å²) in [6.45, 7) is 3.09. The molecule has 0 bridgehead atoms. The zero-order chi connectivity index (χ0) is 20.2. The third kappa shape index (κ3) is 4.30.